The molecule has 0 spiro atoms. The average molecular weight is 194 g/mol. The number of hydrogen-bond donors (Lipinski definition) is 2. The van der Waals surface area contributed by atoms with Gasteiger partial charge in [0.15, 0.2) is 0 Å². The van der Waals surface area contributed by atoms with Gasteiger partial charge in [-0.15, -0.1) is 0 Å². The Bertz CT molecular complexity index is 312. The number of nitrogens with two attached hydrogens (primary N) is 1. The molecule has 3 heteroatoms. The van der Waals surface area contributed by atoms with Crippen LogP contribution in [0.15, 0.2) is 18.2 Å². The Kier molecular flexibility index (Phi) is 3.49. The monoisotopic (exact) mass is 194 g/mol. The Morgan fingerprint density at radius 3 is 2.64 bits per heavy atom. The van der Waals surface area contributed by atoms with E-state index in [4.69, 9.17) is 5.84 Å². The molecule has 0 radical (unpaired) electrons. The van der Waals surface area contributed by atoms with E-state index in [1.807, 2.05) is 26.0 Å². The lowest BCUT2D eigenvalue weighted by Gasteiger charge is -2.23. The van der Waals surface area contributed by atoms with E-state index in [0.717, 1.165) is 17.7 Å². The topological polar surface area (TPSA) is 49.5 Å². The van der Waals surface area contributed by atoms with Crippen molar-refractivity contribution in [2.75, 3.05) is 6.54 Å². The molecule has 0 saturated carbocycles. The van der Waals surface area contributed by atoms with Gasteiger partial charge in [-0.1, -0.05) is 19.1 Å². The van der Waals surface area contributed by atoms with Crippen LogP contribution in [-0.2, 0) is 0 Å². The number of benzene rings is 1. The van der Waals surface area contributed by atoms with Crippen molar-refractivity contribution < 1.29 is 5.11 Å². The normalized spacial score (nSPS) is 13.2. The van der Waals surface area contributed by atoms with Crippen molar-refractivity contribution in [2.24, 2.45) is 5.84 Å². The molecule has 0 aliphatic rings. The predicted molar refractivity (Wildman–Crippen MR) is 57.8 cm³/mol. The minimum atomic E-state index is 0.180. The molecule has 1 atom stereocenters. The first-order chi connectivity index (χ1) is 6.56. The van der Waals surface area contributed by atoms with E-state index in [1.165, 1.54) is 0 Å². The van der Waals surface area contributed by atoms with Crippen molar-refractivity contribution in [2.45, 2.75) is 26.8 Å². The number of hydrogen-bond acceptors (Lipinski definition) is 3. The van der Waals surface area contributed by atoms with Crippen LogP contribution < -0.4 is 5.84 Å². The van der Waals surface area contributed by atoms with Crippen LogP contribution >= 0.6 is 0 Å². The van der Waals surface area contributed by atoms with E-state index in [2.05, 4.69) is 6.92 Å². The van der Waals surface area contributed by atoms with Gasteiger partial charge >= 0.3 is 0 Å². The first kappa shape index (κ1) is 11.0. The lowest BCUT2D eigenvalue weighted by molar-refractivity contribution is 0.228. The summed E-state index contributed by atoms with van der Waals surface area (Å²) in [6.07, 6.45) is 0. The van der Waals surface area contributed by atoms with E-state index in [-0.39, 0.29) is 6.04 Å². The van der Waals surface area contributed by atoms with E-state index < -0.39 is 0 Å². The Morgan fingerprint density at radius 2 is 2.14 bits per heavy atom. The zero-order chi connectivity index (χ0) is 10.7. The first-order valence-corrected chi connectivity index (χ1v) is 4.87. The fourth-order valence-electron chi connectivity index (χ4n) is 1.40. The molecule has 3 N–H and O–H groups in total. The summed E-state index contributed by atoms with van der Waals surface area (Å²) in [6.45, 7) is 6.76. The quantitative estimate of drug-likeness (QED) is 0.571. The number of phenolic OH excluding ortho intramolecular Hbond substituents is 1. The highest BCUT2D eigenvalue weighted by Crippen LogP contribution is 2.23. The number of rotatable bonds is 3. The Hall–Kier alpha value is -1.06. The highest BCUT2D eigenvalue weighted by Gasteiger charge is 2.11. The van der Waals surface area contributed by atoms with Crippen molar-refractivity contribution in [1.82, 2.24) is 5.01 Å². The summed E-state index contributed by atoms with van der Waals surface area (Å²) in [7, 11) is 0. The molecule has 1 aromatic carbocycles. The van der Waals surface area contributed by atoms with Crippen LogP contribution in [0, 0.1) is 6.92 Å². The second kappa shape index (κ2) is 4.44. The maximum atomic E-state index is 9.38. The van der Waals surface area contributed by atoms with E-state index in [1.54, 1.807) is 11.1 Å². The number of hydrazine groups is 1. The fourth-order valence-corrected chi connectivity index (χ4v) is 1.40. The van der Waals surface area contributed by atoms with Crippen LogP contribution in [0.5, 0.6) is 5.75 Å². The van der Waals surface area contributed by atoms with Gasteiger partial charge in [-0.05, 0) is 31.0 Å². The predicted octanol–water partition coefficient (Wildman–Crippen LogP) is 1.96. The van der Waals surface area contributed by atoms with Gasteiger partial charge in [-0.2, -0.15) is 0 Å². The third kappa shape index (κ3) is 2.25. The first-order valence-electron chi connectivity index (χ1n) is 4.87. The highest BCUT2D eigenvalue weighted by atomic mass is 16.3. The number of aromatic hydroxyl groups is 1. The van der Waals surface area contributed by atoms with Gasteiger partial charge < -0.3 is 5.11 Å². The number of aryl methyl sites for hydroxylation is 1. The lowest BCUT2D eigenvalue weighted by atomic mass is 10.0. The molecule has 0 fully saturated rings. The summed E-state index contributed by atoms with van der Waals surface area (Å²) in [5, 5.41) is 11.1. The minimum Gasteiger partial charge on any atom is -0.508 e. The van der Waals surface area contributed by atoms with Crippen molar-refractivity contribution in [3.8, 4) is 5.75 Å². The SMILES string of the molecule is CCN(N)C(C)c1ccc(O)c(C)c1. The number of nitrogens with zero attached hydrogens (tertiary/aromatic N) is 1. The summed E-state index contributed by atoms with van der Waals surface area (Å²) in [6, 6.07) is 5.77. The highest BCUT2D eigenvalue weighted by molar-refractivity contribution is 5.36. The van der Waals surface area contributed by atoms with Gasteiger partial charge in [-0.25, -0.2) is 5.01 Å². The van der Waals surface area contributed by atoms with E-state index >= 15 is 0 Å². The average Bonchev–Trinajstić information content (AvgIpc) is 2.20. The molecule has 1 rings (SSSR count). The smallest absolute Gasteiger partial charge is 0.118 e. The summed E-state index contributed by atoms with van der Waals surface area (Å²) in [5.74, 6) is 6.14. The van der Waals surface area contributed by atoms with Gasteiger partial charge in [0, 0.05) is 12.6 Å². The Morgan fingerprint density at radius 1 is 1.50 bits per heavy atom. The molecule has 3 nitrogen and oxygen atoms in total. The molecular weight excluding hydrogens is 176 g/mol. The van der Waals surface area contributed by atoms with Gasteiger partial charge in [0.2, 0.25) is 0 Å². The molecule has 0 saturated heterocycles. The molecule has 0 aliphatic heterocycles. The zero-order valence-electron chi connectivity index (χ0n) is 8.99. The lowest BCUT2D eigenvalue weighted by Crippen LogP contribution is -2.33. The standard InChI is InChI=1S/C11H18N2O/c1-4-13(12)9(3)10-5-6-11(14)8(2)7-10/h5-7,9,14H,4,12H2,1-3H3. The van der Waals surface area contributed by atoms with Crippen LogP contribution in [0.4, 0.5) is 0 Å². The van der Waals surface area contributed by atoms with Gasteiger partial charge in [-0.3, -0.25) is 5.84 Å². The van der Waals surface area contributed by atoms with Crippen LogP contribution in [0.3, 0.4) is 0 Å². The molecule has 14 heavy (non-hydrogen) atoms. The molecule has 0 bridgehead atoms. The minimum absolute atomic E-state index is 0.180. The molecule has 0 amide bonds. The van der Waals surface area contributed by atoms with Crippen molar-refractivity contribution >= 4 is 0 Å². The number of phenols is 1. The second-order valence-electron chi connectivity index (χ2n) is 3.55. The van der Waals surface area contributed by atoms with Crippen molar-refractivity contribution in [3.63, 3.8) is 0 Å². The van der Waals surface area contributed by atoms with Gasteiger partial charge in [0.25, 0.3) is 0 Å². The van der Waals surface area contributed by atoms with E-state index in [0.29, 0.717) is 5.75 Å². The third-order valence-electron chi connectivity index (χ3n) is 2.57. The maximum Gasteiger partial charge on any atom is 0.118 e. The molecule has 1 unspecified atom stereocenters. The summed E-state index contributed by atoms with van der Waals surface area (Å²) in [4.78, 5) is 0. The van der Waals surface area contributed by atoms with Crippen molar-refractivity contribution in [1.29, 1.82) is 0 Å². The molecular formula is C11H18N2O. The molecule has 78 valence electrons. The van der Waals surface area contributed by atoms with Crippen LogP contribution in [0.25, 0.3) is 0 Å². The summed E-state index contributed by atoms with van der Waals surface area (Å²) >= 11 is 0. The maximum absolute atomic E-state index is 9.38. The zero-order valence-corrected chi connectivity index (χ0v) is 8.99. The molecule has 1 aromatic rings. The van der Waals surface area contributed by atoms with Crippen LogP contribution in [0.1, 0.15) is 31.0 Å². The van der Waals surface area contributed by atoms with Crippen LogP contribution in [-0.4, -0.2) is 16.7 Å². The Labute approximate surface area is 85.1 Å². The molecule has 0 aliphatic carbocycles. The molecule has 0 aromatic heterocycles. The van der Waals surface area contributed by atoms with E-state index in [9.17, 15) is 5.11 Å². The largest absolute Gasteiger partial charge is 0.508 e. The molecule has 0 heterocycles. The summed E-state index contributed by atoms with van der Waals surface area (Å²) < 4.78 is 0. The van der Waals surface area contributed by atoms with Crippen LogP contribution in [0.2, 0.25) is 0 Å². The fraction of sp³-hybridized carbons (Fsp3) is 0.455. The summed E-state index contributed by atoms with van der Waals surface area (Å²) in [5.41, 5.74) is 2.02. The second-order valence-corrected chi connectivity index (χ2v) is 3.55. The van der Waals surface area contributed by atoms with Gasteiger partial charge in [0.1, 0.15) is 5.75 Å². The van der Waals surface area contributed by atoms with Gasteiger partial charge in [0.05, 0.1) is 0 Å². The third-order valence-corrected chi connectivity index (χ3v) is 2.57. The Balaban J connectivity index is 2.91. The van der Waals surface area contributed by atoms with Crippen molar-refractivity contribution in [3.05, 3.63) is 29.3 Å².